The van der Waals surface area contributed by atoms with Gasteiger partial charge in [-0.15, -0.1) is 26.3 Å². The fourth-order valence-electron chi connectivity index (χ4n) is 3.07. The molecule has 1 N–H and O–H groups in total. The standard InChI is InChI=1S/C18H20N6OS/c1-14-4-6-15(7-5-14)17-19-21-24(20-17)13-22-8-10-23(11-9-22)18(25)16-3-2-12-26-16/h2-7,12H,8-11,13H2,1H3/p+1. The Bertz CT molecular complexity index is 865. The number of carbonyl (C=O) groups excluding carboxylic acids is 1. The first kappa shape index (κ1) is 16.9. The lowest BCUT2D eigenvalue weighted by Crippen LogP contribution is -3.14. The number of hydrogen-bond acceptors (Lipinski definition) is 5. The van der Waals surface area contributed by atoms with Gasteiger partial charge in [-0.05, 0) is 23.6 Å². The third-order valence-corrected chi connectivity index (χ3v) is 5.48. The van der Waals surface area contributed by atoms with Crippen LogP contribution < -0.4 is 4.90 Å². The quantitative estimate of drug-likeness (QED) is 0.735. The SMILES string of the molecule is Cc1ccc(-c2nnn(C[NH+]3CCN(C(=O)c4cccs4)CC3)n2)cc1. The minimum absolute atomic E-state index is 0.139. The van der Waals surface area contributed by atoms with Gasteiger partial charge < -0.3 is 9.80 Å². The molecular formula is C18H21N6OS+. The molecule has 0 atom stereocenters. The van der Waals surface area contributed by atoms with E-state index >= 15 is 0 Å². The first-order valence-electron chi connectivity index (χ1n) is 8.70. The lowest BCUT2D eigenvalue weighted by Gasteiger charge is -2.31. The monoisotopic (exact) mass is 369 g/mol. The molecule has 4 rings (SSSR count). The topological polar surface area (TPSA) is 68.3 Å². The van der Waals surface area contributed by atoms with Gasteiger partial charge in [-0.25, -0.2) is 0 Å². The number of nitrogens with one attached hydrogen (secondary N) is 1. The first-order valence-corrected chi connectivity index (χ1v) is 9.58. The van der Waals surface area contributed by atoms with Crippen LogP contribution in [0.25, 0.3) is 11.4 Å². The molecule has 0 radical (unpaired) electrons. The van der Waals surface area contributed by atoms with Crippen LogP contribution in [-0.2, 0) is 6.67 Å². The molecule has 3 aromatic rings. The lowest BCUT2D eigenvalue weighted by atomic mass is 10.1. The number of aromatic nitrogens is 4. The number of piperazine rings is 1. The Morgan fingerprint density at radius 2 is 1.96 bits per heavy atom. The summed E-state index contributed by atoms with van der Waals surface area (Å²) in [6.07, 6.45) is 0. The average Bonchev–Trinajstić information content (AvgIpc) is 3.35. The van der Waals surface area contributed by atoms with Crippen molar-refractivity contribution >= 4 is 17.2 Å². The Morgan fingerprint density at radius 1 is 1.19 bits per heavy atom. The van der Waals surface area contributed by atoms with Crippen LogP contribution in [0.3, 0.4) is 0 Å². The summed E-state index contributed by atoms with van der Waals surface area (Å²) in [5.41, 5.74) is 2.18. The summed E-state index contributed by atoms with van der Waals surface area (Å²) in [5, 5.41) is 14.8. The number of benzene rings is 1. The van der Waals surface area contributed by atoms with E-state index in [1.807, 2.05) is 46.7 Å². The molecule has 0 aliphatic carbocycles. The van der Waals surface area contributed by atoms with Gasteiger partial charge in [-0.2, -0.15) is 0 Å². The molecule has 8 heteroatoms. The van der Waals surface area contributed by atoms with Gasteiger partial charge in [0, 0.05) is 5.56 Å². The molecule has 1 fully saturated rings. The number of hydrogen-bond donors (Lipinski definition) is 1. The maximum Gasteiger partial charge on any atom is 0.264 e. The van der Waals surface area contributed by atoms with Crippen LogP contribution in [0, 0.1) is 6.92 Å². The largest absolute Gasteiger partial charge is 0.327 e. The zero-order chi connectivity index (χ0) is 17.9. The second-order valence-corrected chi connectivity index (χ2v) is 7.48. The predicted molar refractivity (Wildman–Crippen MR) is 98.9 cm³/mol. The molecule has 1 aromatic carbocycles. The van der Waals surface area contributed by atoms with Crippen molar-refractivity contribution < 1.29 is 9.69 Å². The lowest BCUT2D eigenvalue weighted by molar-refractivity contribution is -0.927. The van der Waals surface area contributed by atoms with Crippen molar-refractivity contribution in [2.75, 3.05) is 26.2 Å². The summed E-state index contributed by atoms with van der Waals surface area (Å²) in [7, 11) is 0. The Labute approximate surface area is 155 Å². The van der Waals surface area contributed by atoms with E-state index in [9.17, 15) is 4.79 Å². The van der Waals surface area contributed by atoms with Crippen molar-refractivity contribution in [2.24, 2.45) is 0 Å². The highest BCUT2D eigenvalue weighted by atomic mass is 32.1. The minimum atomic E-state index is 0.139. The van der Waals surface area contributed by atoms with E-state index in [1.165, 1.54) is 21.8 Å². The number of quaternary nitrogens is 1. The molecule has 134 valence electrons. The molecule has 7 nitrogen and oxygen atoms in total. The van der Waals surface area contributed by atoms with Gasteiger partial charge in [0.15, 0.2) is 6.67 Å². The van der Waals surface area contributed by atoms with Crippen LogP contribution in [0.15, 0.2) is 41.8 Å². The maximum absolute atomic E-state index is 12.4. The van der Waals surface area contributed by atoms with Crippen LogP contribution in [0.2, 0.25) is 0 Å². The molecule has 2 aromatic heterocycles. The van der Waals surface area contributed by atoms with Crippen molar-refractivity contribution in [3.8, 4) is 11.4 Å². The molecule has 0 unspecified atom stereocenters. The van der Waals surface area contributed by atoms with Gasteiger partial charge >= 0.3 is 0 Å². The smallest absolute Gasteiger partial charge is 0.264 e. The van der Waals surface area contributed by atoms with Crippen LogP contribution in [0.4, 0.5) is 0 Å². The maximum atomic E-state index is 12.4. The van der Waals surface area contributed by atoms with Gasteiger partial charge in [0.2, 0.25) is 5.82 Å². The zero-order valence-electron chi connectivity index (χ0n) is 14.6. The van der Waals surface area contributed by atoms with Gasteiger partial charge in [-0.1, -0.05) is 35.9 Å². The molecule has 1 aliphatic heterocycles. The summed E-state index contributed by atoms with van der Waals surface area (Å²) in [6, 6.07) is 11.9. The highest BCUT2D eigenvalue weighted by Crippen LogP contribution is 2.14. The van der Waals surface area contributed by atoms with Crippen molar-refractivity contribution in [1.82, 2.24) is 25.1 Å². The second-order valence-electron chi connectivity index (χ2n) is 6.53. The van der Waals surface area contributed by atoms with Crippen molar-refractivity contribution in [3.63, 3.8) is 0 Å². The van der Waals surface area contributed by atoms with Crippen molar-refractivity contribution in [3.05, 3.63) is 52.2 Å². The number of carbonyl (C=O) groups is 1. The van der Waals surface area contributed by atoms with E-state index in [2.05, 4.69) is 22.3 Å². The summed E-state index contributed by atoms with van der Waals surface area (Å²) in [5.74, 6) is 0.787. The molecule has 1 amide bonds. The molecule has 0 bridgehead atoms. The van der Waals surface area contributed by atoms with E-state index in [0.29, 0.717) is 12.5 Å². The van der Waals surface area contributed by atoms with E-state index < -0.39 is 0 Å². The highest BCUT2D eigenvalue weighted by Gasteiger charge is 2.25. The normalized spacial score (nSPS) is 15.3. The van der Waals surface area contributed by atoms with Crippen molar-refractivity contribution in [1.29, 1.82) is 0 Å². The number of amides is 1. The van der Waals surface area contributed by atoms with E-state index in [-0.39, 0.29) is 5.91 Å². The van der Waals surface area contributed by atoms with Gasteiger partial charge in [0.25, 0.3) is 5.91 Å². The molecule has 0 spiro atoms. The number of thiophene rings is 1. The van der Waals surface area contributed by atoms with E-state index in [1.54, 1.807) is 4.80 Å². The number of tetrazole rings is 1. The Hall–Kier alpha value is -2.58. The third-order valence-electron chi connectivity index (χ3n) is 4.62. The van der Waals surface area contributed by atoms with Gasteiger partial charge in [0.1, 0.15) is 0 Å². The fourth-order valence-corrected chi connectivity index (χ4v) is 3.76. The van der Waals surface area contributed by atoms with Gasteiger partial charge in [-0.3, -0.25) is 4.79 Å². The third kappa shape index (κ3) is 3.66. The van der Waals surface area contributed by atoms with E-state index in [0.717, 1.165) is 36.6 Å². The second kappa shape index (κ2) is 7.35. The molecule has 0 saturated carbocycles. The van der Waals surface area contributed by atoms with Gasteiger partial charge in [0.05, 0.1) is 31.1 Å². The Morgan fingerprint density at radius 3 is 2.65 bits per heavy atom. The van der Waals surface area contributed by atoms with Crippen molar-refractivity contribution in [2.45, 2.75) is 13.6 Å². The minimum Gasteiger partial charge on any atom is -0.327 e. The molecule has 1 saturated heterocycles. The first-order chi connectivity index (χ1) is 12.7. The van der Waals surface area contributed by atoms with Crippen LogP contribution in [0.5, 0.6) is 0 Å². The Balaban J connectivity index is 1.33. The molecular weight excluding hydrogens is 348 g/mol. The Kier molecular flexibility index (Phi) is 4.77. The average molecular weight is 369 g/mol. The van der Waals surface area contributed by atoms with E-state index in [4.69, 9.17) is 0 Å². The van der Waals surface area contributed by atoms with Crippen LogP contribution >= 0.6 is 11.3 Å². The summed E-state index contributed by atoms with van der Waals surface area (Å²) >= 11 is 1.50. The molecule has 26 heavy (non-hydrogen) atoms. The molecule has 3 heterocycles. The summed E-state index contributed by atoms with van der Waals surface area (Å²) < 4.78 is 0. The molecule has 1 aliphatic rings. The highest BCUT2D eigenvalue weighted by molar-refractivity contribution is 7.12. The fraction of sp³-hybridized carbons (Fsp3) is 0.333. The zero-order valence-corrected chi connectivity index (χ0v) is 15.4. The summed E-state index contributed by atoms with van der Waals surface area (Å²) in [4.78, 5) is 18.2. The van der Waals surface area contributed by atoms with Crippen LogP contribution in [0.1, 0.15) is 15.2 Å². The predicted octanol–water partition coefficient (Wildman–Crippen LogP) is 0.708. The number of aryl methyl sites for hydroxylation is 1. The summed E-state index contributed by atoms with van der Waals surface area (Å²) in [6.45, 7) is 6.01. The number of nitrogens with zero attached hydrogens (tertiary/aromatic N) is 5. The number of rotatable bonds is 4. The van der Waals surface area contributed by atoms with Crippen LogP contribution in [-0.4, -0.2) is 57.2 Å².